The highest BCUT2D eigenvalue weighted by atomic mass is 32.1. The quantitative estimate of drug-likeness (QED) is 0.773. The van der Waals surface area contributed by atoms with Gasteiger partial charge in [0.25, 0.3) is 0 Å². The Morgan fingerprint density at radius 3 is 2.80 bits per heavy atom. The molecule has 4 rings (SSSR count). The summed E-state index contributed by atoms with van der Waals surface area (Å²) in [6.07, 6.45) is 0. The molecule has 8 heteroatoms. The first kappa shape index (κ1) is 16.3. The van der Waals surface area contributed by atoms with E-state index >= 15 is 0 Å². The van der Waals surface area contributed by atoms with E-state index in [1.165, 1.54) is 0 Å². The van der Waals surface area contributed by atoms with Crippen LogP contribution in [-0.4, -0.2) is 45.9 Å². The van der Waals surface area contributed by atoms with E-state index < -0.39 is 0 Å². The fourth-order valence-electron chi connectivity index (χ4n) is 2.93. The molecule has 1 aliphatic heterocycles. The summed E-state index contributed by atoms with van der Waals surface area (Å²) >= 11 is 1.69. The van der Waals surface area contributed by atoms with Gasteiger partial charge in [-0.3, -0.25) is 0 Å². The normalized spacial score (nSPS) is 15.1. The number of thiazole rings is 1. The van der Waals surface area contributed by atoms with Crippen molar-refractivity contribution in [1.82, 2.24) is 19.6 Å². The van der Waals surface area contributed by atoms with Crippen LogP contribution in [0.5, 0.6) is 0 Å². The van der Waals surface area contributed by atoms with Gasteiger partial charge in [-0.1, -0.05) is 0 Å². The number of aryl methyl sites for hydroxylation is 3. The molecule has 1 aliphatic rings. The number of anilines is 2. The van der Waals surface area contributed by atoms with Gasteiger partial charge in [0.05, 0.1) is 31.1 Å². The minimum atomic E-state index is 0.664. The number of aromatic nitrogens is 4. The predicted octanol–water partition coefficient (Wildman–Crippen LogP) is 2.56. The van der Waals surface area contributed by atoms with Gasteiger partial charge in [-0.05, 0) is 20.8 Å². The Bertz CT molecular complexity index is 896. The van der Waals surface area contributed by atoms with Crippen molar-refractivity contribution >= 4 is 27.9 Å². The van der Waals surface area contributed by atoms with E-state index in [9.17, 15) is 0 Å². The fourth-order valence-corrected chi connectivity index (χ4v) is 3.81. The van der Waals surface area contributed by atoms with E-state index in [0.29, 0.717) is 6.54 Å². The standard InChI is InChI=1S/C17H22N6OS/c1-11-8-15(23-16(19-11)12(2)13(3)21-23)18-9-14-10-25-17(20-14)22-4-6-24-7-5-22/h8,10,18H,4-7,9H2,1-3H3. The van der Waals surface area contributed by atoms with Crippen molar-refractivity contribution in [3.63, 3.8) is 0 Å². The van der Waals surface area contributed by atoms with E-state index in [-0.39, 0.29) is 0 Å². The summed E-state index contributed by atoms with van der Waals surface area (Å²) in [7, 11) is 0. The number of nitrogens with one attached hydrogen (secondary N) is 1. The Balaban J connectivity index is 1.53. The number of nitrogens with zero attached hydrogens (tertiary/aromatic N) is 5. The third-order valence-electron chi connectivity index (χ3n) is 4.46. The Morgan fingerprint density at radius 2 is 2.00 bits per heavy atom. The maximum Gasteiger partial charge on any atom is 0.185 e. The molecular weight excluding hydrogens is 336 g/mol. The number of hydrogen-bond donors (Lipinski definition) is 1. The second-order valence-corrected chi connectivity index (χ2v) is 7.14. The third-order valence-corrected chi connectivity index (χ3v) is 5.41. The maximum absolute atomic E-state index is 5.40. The van der Waals surface area contributed by atoms with Crippen molar-refractivity contribution in [2.24, 2.45) is 0 Å². The molecule has 0 aromatic carbocycles. The first-order chi connectivity index (χ1) is 12.1. The lowest BCUT2D eigenvalue weighted by Crippen LogP contribution is -2.36. The Labute approximate surface area is 150 Å². The number of ether oxygens (including phenoxy) is 1. The van der Waals surface area contributed by atoms with Gasteiger partial charge in [-0.2, -0.15) is 9.61 Å². The van der Waals surface area contributed by atoms with Crippen LogP contribution in [0.2, 0.25) is 0 Å². The second-order valence-electron chi connectivity index (χ2n) is 6.30. The lowest BCUT2D eigenvalue weighted by atomic mass is 10.3. The molecule has 0 radical (unpaired) electrons. The van der Waals surface area contributed by atoms with Gasteiger partial charge in [0.15, 0.2) is 10.8 Å². The molecule has 1 fully saturated rings. The van der Waals surface area contributed by atoms with Crippen LogP contribution in [0.25, 0.3) is 5.65 Å². The number of hydrogen-bond acceptors (Lipinski definition) is 7. The van der Waals surface area contributed by atoms with Crippen LogP contribution in [0, 0.1) is 20.8 Å². The highest BCUT2D eigenvalue weighted by Crippen LogP contribution is 2.23. The van der Waals surface area contributed by atoms with Gasteiger partial charge in [0, 0.05) is 35.8 Å². The largest absolute Gasteiger partial charge is 0.378 e. The molecule has 0 spiro atoms. The van der Waals surface area contributed by atoms with Crippen molar-refractivity contribution in [3.8, 4) is 0 Å². The van der Waals surface area contributed by atoms with Crippen molar-refractivity contribution in [3.05, 3.63) is 34.1 Å². The summed E-state index contributed by atoms with van der Waals surface area (Å²) < 4.78 is 7.29. The molecule has 3 aromatic heterocycles. The van der Waals surface area contributed by atoms with Crippen LogP contribution in [-0.2, 0) is 11.3 Å². The Hall–Kier alpha value is -2.19. The first-order valence-electron chi connectivity index (χ1n) is 8.46. The summed E-state index contributed by atoms with van der Waals surface area (Å²) in [5, 5.41) is 11.2. The minimum absolute atomic E-state index is 0.664. The second kappa shape index (κ2) is 6.61. The lowest BCUT2D eigenvalue weighted by molar-refractivity contribution is 0.122. The first-order valence-corrected chi connectivity index (χ1v) is 9.34. The topological polar surface area (TPSA) is 67.6 Å². The zero-order chi connectivity index (χ0) is 17.4. The summed E-state index contributed by atoms with van der Waals surface area (Å²) in [6.45, 7) is 10.1. The molecule has 4 heterocycles. The van der Waals surface area contributed by atoms with Crippen LogP contribution < -0.4 is 10.2 Å². The molecule has 1 N–H and O–H groups in total. The molecule has 1 saturated heterocycles. The van der Waals surface area contributed by atoms with Crippen LogP contribution in [0.1, 0.15) is 22.6 Å². The van der Waals surface area contributed by atoms with E-state index in [1.54, 1.807) is 11.3 Å². The summed E-state index contributed by atoms with van der Waals surface area (Å²) in [4.78, 5) is 11.6. The summed E-state index contributed by atoms with van der Waals surface area (Å²) in [6, 6.07) is 2.02. The predicted molar refractivity (Wildman–Crippen MR) is 99.7 cm³/mol. The van der Waals surface area contributed by atoms with Gasteiger partial charge in [0.1, 0.15) is 5.82 Å². The maximum atomic E-state index is 5.40. The molecule has 25 heavy (non-hydrogen) atoms. The zero-order valence-corrected chi connectivity index (χ0v) is 15.6. The van der Waals surface area contributed by atoms with E-state index in [0.717, 1.165) is 65.5 Å². The molecule has 3 aromatic rings. The summed E-state index contributed by atoms with van der Waals surface area (Å²) in [5.41, 5.74) is 5.05. The van der Waals surface area contributed by atoms with Gasteiger partial charge >= 0.3 is 0 Å². The molecule has 0 aliphatic carbocycles. The number of fused-ring (bicyclic) bond motifs is 1. The molecule has 7 nitrogen and oxygen atoms in total. The van der Waals surface area contributed by atoms with E-state index in [1.807, 2.05) is 24.4 Å². The molecular formula is C17H22N6OS. The smallest absolute Gasteiger partial charge is 0.185 e. The molecule has 0 saturated carbocycles. The highest BCUT2D eigenvalue weighted by Gasteiger charge is 2.15. The molecule has 0 unspecified atom stereocenters. The van der Waals surface area contributed by atoms with Gasteiger partial charge in [-0.25, -0.2) is 9.97 Å². The van der Waals surface area contributed by atoms with Crippen molar-refractivity contribution in [2.75, 3.05) is 36.5 Å². The monoisotopic (exact) mass is 358 g/mol. The third kappa shape index (κ3) is 3.19. The van der Waals surface area contributed by atoms with Crippen molar-refractivity contribution in [1.29, 1.82) is 0 Å². The van der Waals surface area contributed by atoms with Gasteiger partial charge in [0.2, 0.25) is 0 Å². The van der Waals surface area contributed by atoms with Crippen molar-refractivity contribution < 1.29 is 4.74 Å². The van der Waals surface area contributed by atoms with Crippen LogP contribution in [0.3, 0.4) is 0 Å². The number of rotatable bonds is 4. The van der Waals surface area contributed by atoms with Crippen LogP contribution >= 0.6 is 11.3 Å². The molecule has 0 bridgehead atoms. The molecule has 0 amide bonds. The summed E-state index contributed by atoms with van der Waals surface area (Å²) in [5.74, 6) is 0.944. The van der Waals surface area contributed by atoms with E-state index in [2.05, 4.69) is 32.6 Å². The van der Waals surface area contributed by atoms with Gasteiger partial charge in [-0.15, -0.1) is 11.3 Å². The lowest BCUT2D eigenvalue weighted by Gasteiger charge is -2.26. The Morgan fingerprint density at radius 1 is 1.20 bits per heavy atom. The average molecular weight is 358 g/mol. The Kier molecular flexibility index (Phi) is 4.30. The average Bonchev–Trinajstić information content (AvgIpc) is 3.20. The highest BCUT2D eigenvalue weighted by molar-refractivity contribution is 7.13. The molecule has 132 valence electrons. The van der Waals surface area contributed by atoms with Crippen LogP contribution in [0.4, 0.5) is 10.9 Å². The number of morpholine rings is 1. The van der Waals surface area contributed by atoms with Gasteiger partial charge < -0.3 is 15.0 Å². The van der Waals surface area contributed by atoms with Crippen molar-refractivity contribution in [2.45, 2.75) is 27.3 Å². The van der Waals surface area contributed by atoms with Crippen LogP contribution in [0.15, 0.2) is 11.4 Å². The SMILES string of the molecule is Cc1cc(NCc2csc(N3CCOCC3)n2)n2nc(C)c(C)c2n1. The van der Waals surface area contributed by atoms with E-state index in [4.69, 9.17) is 9.72 Å². The fraction of sp³-hybridized carbons (Fsp3) is 0.471. The minimum Gasteiger partial charge on any atom is -0.378 e. The molecule has 0 atom stereocenters. The zero-order valence-electron chi connectivity index (χ0n) is 14.7.